The van der Waals surface area contributed by atoms with E-state index in [0.29, 0.717) is 0 Å². The summed E-state index contributed by atoms with van der Waals surface area (Å²) in [7, 11) is 0. The number of aromatic nitrogens is 3. The SMILES string of the molecule is c1ccc(-c2cc(-c3ccc(-c4cc5ocnc5cc4C45CC6CC(CC(C6)C4)C5)cc3)nc(-c3ccccc3)n2)cc1. The highest BCUT2D eigenvalue weighted by atomic mass is 16.3. The predicted molar refractivity (Wildman–Crippen MR) is 171 cm³/mol. The van der Waals surface area contributed by atoms with E-state index < -0.39 is 0 Å². The van der Waals surface area contributed by atoms with E-state index in [1.54, 1.807) is 6.39 Å². The van der Waals surface area contributed by atoms with Crippen LogP contribution in [0.5, 0.6) is 0 Å². The largest absolute Gasteiger partial charge is 0.443 e. The number of hydrogen-bond donors (Lipinski definition) is 0. The number of oxazole rings is 1. The van der Waals surface area contributed by atoms with Crippen molar-refractivity contribution in [3.8, 4) is 45.0 Å². The van der Waals surface area contributed by atoms with Crippen LogP contribution in [0.1, 0.15) is 44.1 Å². The Bertz CT molecular complexity index is 1850. The van der Waals surface area contributed by atoms with E-state index in [9.17, 15) is 0 Å². The van der Waals surface area contributed by atoms with Crippen LogP contribution < -0.4 is 0 Å². The summed E-state index contributed by atoms with van der Waals surface area (Å²) >= 11 is 0. The average molecular weight is 560 g/mol. The van der Waals surface area contributed by atoms with E-state index in [0.717, 1.165) is 62.8 Å². The Labute approximate surface area is 251 Å². The van der Waals surface area contributed by atoms with Gasteiger partial charge in [0.2, 0.25) is 0 Å². The molecule has 0 atom stereocenters. The molecule has 4 saturated carbocycles. The Kier molecular flexibility index (Phi) is 5.65. The van der Waals surface area contributed by atoms with Crippen LogP contribution in [0.2, 0.25) is 0 Å². The molecule has 10 rings (SSSR count). The van der Waals surface area contributed by atoms with Crippen LogP contribution in [0.15, 0.2) is 114 Å². The number of rotatable bonds is 5. The minimum absolute atomic E-state index is 0.262. The average Bonchev–Trinajstić information content (AvgIpc) is 3.52. The number of benzene rings is 4. The molecule has 0 radical (unpaired) electrons. The van der Waals surface area contributed by atoms with Gasteiger partial charge in [-0.25, -0.2) is 15.0 Å². The monoisotopic (exact) mass is 559 g/mol. The fourth-order valence-electron chi connectivity index (χ4n) is 8.91. The predicted octanol–water partition coefficient (Wildman–Crippen LogP) is 9.75. The van der Waals surface area contributed by atoms with E-state index in [1.807, 2.05) is 24.3 Å². The first-order valence-corrected chi connectivity index (χ1v) is 15.7. The second-order valence-corrected chi connectivity index (χ2v) is 13.2. The summed E-state index contributed by atoms with van der Waals surface area (Å²) in [6.07, 6.45) is 9.85. The third kappa shape index (κ3) is 4.31. The lowest BCUT2D eigenvalue weighted by atomic mass is 9.47. The molecule has 4 heteroatoms. The third-order valence-corrected chi connectivity index (χ3v) is 10.4. The molecule has 4 aromatic carbocycles. The van der Waals surface area contributed by atoms with Gasteiger partial charge in [-0.15, -0.1) is 0 Å². The van der Waals surface area contributed by atoms with Gasteiger partial charge in [0.05, 0.1) is 11.4 Å². The van der Waals surface area contributed by atoms with E-state index in [4.69, 9.17) is 14.4 Å². The van der Waals surface area contributed by atoms with Crippen LogP contribution in [0.3, 0.4) is 0 Å². The van der Waals surface area contributed by atoms with Crippen molar-refractivity contribution in [3.63, 3.8) is 0 Å². The molecular weight excluding hydrogens is 526 g/mol. The van der Waals surface area contributed by atoms with Crippen LogP contribution >= 0.6 is 0 Å². The zero-order valence-corrected chi connectivity index (χ0v) is 24.1. The Balaban J connectivity index is 1.15. The van der Waals surface area contributed by atoms with E-state index in [1.165, 1.54) is 55.2 Å². The molecule has 4 aliphatic carbocycles. The highest BCUT2D eigenvalue weighted by Crippen LogP contribution is 2.62. The summed E-state index contributed by atoms with van der Waals surface area (Å²) in [5.41, 5.74) is 11.1. The lowest BCUT2D eigenvalue weighted by molar-refractivity contribution is -0.00487. The normalized spacial score (nSPS) is 24.0. The molecule has 0 N–H and O–H groups in total. The topological polar surface area (TPSA) is 51.8 Å². The van der Waals surface area contributed by atoms with E-state index >= 15 is 0 Å². The van der Waals surface area contributed by atoms with Gasteiger partial charge in [0.15, 0.2) is 17.8 Å². The maximum atomic E-state index is 5.83. The quantitative estimate of drug-likeness (QED) is 0.211. The van der Waals surface area contributed by atoms with Crippen molar-refractivity contribution >= 4 is 11.1 Å². The second kappa shape index (κ2) is 9.74. The van der Waals surface area contributed by atoms with E-state index in [-0.39, 0.29) is 5.41 Å². The Morgan fingerprint density at radius 1 is 0.581 bits per heavy atom. The standard InChI is InChI=1S/C39H33N3O/c1-3-7-29(8-4-1)34-20-35(42-38(41-34)31-9-5-2-6-10-31)30-13-11-28(12-14-30)32-18-37-36(40-24-43-37)19-33(32)39-21-25-15-26(22-39)17-27(16-25)23-39/h1-14,18-20,24-27H,15-17,21-23H2. The van der Waals surface area contributed by atoms with Gasteiger partial charge >= 0.3 is 0 Å². The van der Waals surface area contributed by atoms with E-state index in [2.05, 4.69) is 83.8 Å². The molecule has 210 valence electrons. The van der Waals surface area contributed by atoms with Crippen molar-refractivity contribution in [2.24, 2.45) is 17.8 Å². The first-order valence-electron chi connectivity index (χ1n) is 15.7. The van der Waals surface area contributed by atoms with Gasteiger partial charge in [-0.1, -0.05) is 84.9 Å². The highest BCUT2D eigenvalue weighted by molar-refractivity contribution is 5.84. The molecular formula is C39H33N3O. The van der Waals surface area contributed by atoms with Gasteiger partial charge in [-0.3, -0.25) is 0 Å². The van der Waals surface area contributed by atoms with Gasteiger partial charge < -0.3 is 4.42 Å². The molecule has 4 fully saturated rings. The summed E-state index contributed by atoms with van der Waals surface area (Å²) in [6.45, 7) is 0. The number of fused-ring (bicyclic) bond motifs is 1. The maximum Gasteiger partial charge on any atom is 0.181 e. The van der Waals surface area contributed by atoms with Crippen molar-refractivity contribution < 1.29 is 4.42 Å². The van der Waals surface area contributed by atoms with Crippen molar-refractivity contribution in [3.05, 3.63) is 115 Å². The van der Waals surface area contributed by atoms with Crippen LogP contribution in [0.4, 0.5) is 0 Å². The minimum atomic E-state index is 0.262. The molecule has 4 bridgehead atoms. The molecule has 6 aromatic rings. The van der Waals surface area contributed by atoms with Crippen LogP contribution in [-0.4, -0.2) is 15.0 Å². The number of hydrogen-bond acceptors (Lipinski definition) is 4. The zero-order valence-electron chi connectivity index (χ0n) is 24.1. The molecule has 0 amide bonds. The van der Waals surface area contributed by atoms with Gasteiger partial charge in [0, 0.05) is 16.7 Å². The van der Waals surface area contributed by atoms with Gasteiger partial charge in [0.25, 0.3) is 0 Å². The zero-order chi connectivity index (χ0) is 28.4. The van der Waals surface area contributed by atoms with Gasteiger partial charge in [0.1, 0.15) is 5.52 Å². The Morgan fingerprint density at radius 2 is 1.14 bits per heavy atom. The molecule has 4 aliphatic rings. The molecule has 0 aliphatic heterocycles. The summed E-state index contributed by atoms with van der Waals surface area (Å²) < 4.78 is 5.83. The van der Waals surface area contributed by atoms with Crippen molar-refractivity contribution in [1.82, 2.24) is 15.0 Å². The minimum Gasteiger partial charge on any atom is -0.443 e. The van der Waals surface area contributed by atoms with Crippen molar-refractivity contribution in [2.75, 3.05) is 0 Å². The fourth-order valence-corrected chi connectivity index (χ4v) is 8.91. The summed E-state index contributed by atoms with van der Waals surface area (Å²) in [5.74, 6) is 3.38. The summed E-state index contributed by atoms with van der Waals surface area (Å²) in [6, 6.07) is 36.3. The van der Waals surface area contributed by atoms with Crippen molar-refractivity contribution in [1.29, 1.82) is 0 Å². The lowest BCUT2D eigenvalue weighted by Crippen LogP contribution is -2.48. The highest BCUT2D eigenvalue weighted by Gasteiger charge is 2.52. The Hall–Kier alpha value is -4.57. The number of nitrogens with zero attached hydrogens (tertiary/aromatic N) is 3. The Morgan fingerprint density at radius 3 is 1.77 bits per heavy atom. The van der Waals surface area contributed by atoms with Crippen LogP contribution in [0.25, 0.3) is 56.1 Å². The molecule has 2 heterocycles. The lowest BCUT2D eigenvalue weighted by Gasteiger charge is -2.57. The molecule has 43 heavy (non-hydrogen) atoms. The molecule has 4 nitrogen and oxygen atoms in total. The first-order chi connectivity index (χ1) is 21.2. The molecule has 0 unspecified atom stereocenters. The second-order valence-electron chi connectivity index (χ2n) is 13.2. The molecule has 0 spiro atoms. The van der Waals surface area contributed by atoms with Gasteiger partial charge in [-0.05, 0) is 96.6 Å². The third-order valence-electron chi connectivity index (χ3n) is 10.4. The molecule has 0 saturated heterocycles. The smallest absolute Gasteiger partial charge is 0.181 e. The molecule has 2 aromatic heterocycles. The fraction of sp³-hybridized carbons (Fsp3) is 0.256. The van der Waals surface area contributed by atoms with Gasteiger partial charge in [-0.2, -0.15) is 0 Å². The maximum absolute atomic E-state index is 5.83. The van der Waals surface area contributed by atoms with Crippen LogP contribution in [-0.2, 0) is 5.41 Å². The van der Waals surface area contributed by atoms with Crippen LogP contribution in [0, 0.1) is 17.8 Å². The first kappa shape index (κ1) is 25.0. The summed E-state index contributed by atoms with van der Waals surface area (Å²) in [5, 5.41) is 0. The van der Waals surface area contributed by atoms with Crippen molar-refractivity contribution in [2.45, 2.75) is 43.9 Å². The summed E-state index contributed by atoms with van der Waals surface area (Å²) in [4.78, 5) is 14.6.